The fourth-order valence-corrected chi connectivity index (χ4v) is 6.49. The molecule has 0 saturated heterocycles. The number of carbonyl (C=O) groups is 4. The van der Waals surface area contributed by atoms with Gasteiger partial charge in [0.15, 0.2) is 11.4 Å². The number of amides is 2. The van der Waals surface area contributed by atoms with Crippen molar-refractivity contribution in [3.8, 4) is 16.9 Å². The van der Waals surface area contributed by atoms with Gasteiger partial charge >= 0.3 is 0 Å². The van der Waals surface area contributed by atoms with E-state index in [1.165, 1.54) is 32.2 Å². The molecule has 0 radical (unpaired) electrons. The molecule has 2 aromatic carbocycles. The Morgan fingerprint density at radius 3 is 2.46 bits per heavy atom. The molecule has 0 spiro atoms. The van der Waals surface area contributed by atoms with Gasteiger partial charge in [0.2, 0.25) is 5.78 Å². The highest BCUT2D eigenvalue weighted by Crippen LogP contribution is 2.53. The predicted molar refractivity (Wildman–Crippen MR) is 144 cm³/mol. The molecule has 1 saturated carbocycles. The molecule has 12 nitrogen and oxygen atoms in total. The fourth-order valence-electron chi connectivity index (χ4n) is 6.49. The third-order valence-corrected chi connectivity index (χ3v) is 8.23. The van der Waals surface area contributed by atoms with Gasteiger partial charge in [-0.2, -0.15) is 0 Å². The van der Waals surface area contributed by atoms with Gasteiger partial charge in [0.1, 0.15) is 22.8 Å². The number of aliphatic hydroxyl groups excluding tert-OH is 2. The standard InChI is InChI=1S/C29H29N3O9/c1-32(2)22-17-11-14-10-16-15(12-5-4-6-13(9-12)28(39)31-41-3)7-8-18(33)20(16)23(34)19(14)25(36)29(17,40)26(37)21(24(22)35)27(30)38/h4-9,14,17,22,33-34,37,40H,10-11H2,1-3H3,(H2,30,38)(H,31,39). The molecule has 0 aliphatic heterocycles. The molecule has 4 unspecified atom stereocenters. The molecule has 5 rings (SSSR count). The predicted octanol–water partition coefficient (Wildman–Crippen LogP) is 0.922. The Bertz CT molecular complexity index is 1590. The number of carbonyl (C=O) groups excluding carboxylic acids is 4. The van der Waals surface area contributed by atoms with Crippen LogP contribution in [0.1, 0.15) is 27.9 Å². The van der Waals surface area contributed by atoms with Crippen LogP contribution in [0, 0.1) is 11.8 Å². The second-order valence-electron chi connectivity index (χ2n) is 10.7. The molecule has 3 aliphatic carbocycles. The SMILES string of the molecule is CONC(=O)c1cccc(-c2ccc(O)c3c2CC2CC4C(N(C)C)C(=O)C(C(N)=O)=C(O)C4(O)C(=O)C2=C3O)c1. The summed E-state index contributed by atoms with van der Waals surface area (Å²) in [4.78, 5) is 57.8. The van der Waals surface area contributed by atoms with Gasteiger partial charge in [-0.05, 0) is 67.7 Å². The van der Waals surface area contributed by atoms with Gasteiger partial charge in [-0.15, -0.1) is 0 Å². The maximum atomic E-state index is 14.0. The van der Waals surface area contributed by atoms with Gasteiger partial charge in [-0.25, -0.2) is 5.48 Å². The minimum absolute atomic E-state index is 0.0306. The largest absolute Gasteiger partial charge is 0.508 e. The van der Waals surface area contributed by atoms with Gasteiger partial charge < -0.3 is 26.2 Å². The zero-order chi connectivity index (χ0) is 30.0. The van der Waals surface area contributed by atoms with Crippen molar-refractivity contribution in [2.45, 2.75) is 24.5 Å². The summed E-state index contributed by atoms with van der Waals surface area (Å²) in [5.41, 5.74) is 5.70. The Hall–Kier alpha value is -4.52. The zero-order valence-corrected chi connectivity index (χ0v) is 22.5. The summed E-state index contributed by atoms with van der Waals surface area (Å²) >= 11 is 0. The van der Waals surface area contributed by atoms with Crippen molar-refractivity contribution in [3.05, 3.63) is 70.0 Å². The maximum Gasteiger partial charge on any atom is 0.274 e. The quantitative estimate of drug-likeness (QED) is 0.225. The van der Waals surface area contributed by atoms with E-state index in [0.717, 1.165) is 0 Å². The minimum Gasteiger partial charge on any atom is -0.508 e. The molecule has 1 fully saturated rings. The zero-order valence-electron chi connectivity index (χ0n) is 22.5. The Morgan fingerprint density at radius 2 is 1.83 bits per heavy atom. The first kappa shape index (κ1) is 28.0. The van der Waals surface area contributed by atoms with Crippen molar-refractivity contribution in [3.63, 3.8) is 0 Å². The molecular weight excluding hydrogens is 534 g/mol. The van der Waals surface area contributed by atoms with Crippen LogP contribution in [0.15, 0.2) is 53.3 Å². The molecule has 3 aliphatic rings. The van der Waals surface area contributed by atoms with Gasteiger partial charge in [0, 0.05) is 17.1 Å². The lowest BCUT2D eigenvalue weighted by atomic mass is 9.57. The van der Waals surface area contributed by atoms with Crippen molar-refractivity contribution >= 4 is 29.1 Å². The van der Waals surface area contributed by atoms with E-state index >= 15 is 0 Å². The van der Waals surface area contributed by atoms with Crippen molar-refractivity contribution in [2.24, 2.45) is 17.6 Å². The molecular formula is C29H29N3O9. The molecule has 214 valence electrons. The Morgan fingerprint density at radius 1 is 1.12 bits per heavy atom. The third kappa shape index (κ3) is 4.02. The van der Waals surface area contributed by atoms with E-state index in [2.05, 4.69) is 5.48 Å². The average Bonchev–Trinajstić information content (AvgIpc) is 2.90. The van der Waals surface area contributed by atoms with E-state index in [0.29, 0.717) is 22.3 Å². The molecule has 41 heavy (non-hydrogen) atoms. The number of phenolic OH excluding ortho intramolecular Hbond substituents is 1. The Kier molecular flexibility index (Phi) is 6.72. The second-order valence-corrected chi connectivity index (χ2v) is 10.7. The highest BCUT2D eigenvalue weighted by atomic mass is 16.6. The van der Waals surface area contributed by atoms with E-state index in [4.69, 9.17) is 10.6 Å². The summed E-state index contributed by atoms with van der Waals surface area (Å²) in [5, 5.41) is 44.9. The molecule has 2 amide bonds. The van der Waals surface area contributed by atoms with Crippen LogP contribution in [0.3, 0.4) is 0 Å². The number of aromatic hydroxyl groups is 1. The first-order chi connectivity index (χ1) is 19.3. The number of Topliss-reactive ketones (excluding diaryl/α,β-unsaturated/α-hetero) is 2. The number of hydrogen-bond acceptors (Lipinski definition) is 10. The van der Waals surface area contributed by atoms with Crippen LogP contribution in [-0.2, 0) is 25.6 Å². The Labute approximate surface area is 234 Å². The number of hydrogen-bond donors (Lipinski definition) is 6. The van der Waals surface area contributed by atoms with Crippen LogP contribution in [-0.4, -0.2) is 81.6 Å². The summed E-state index contributed by atoms with van der Waals surface area (Å²) in [6.07, 6.45) is 0.0872. The van der Waals surface area contributed by atoms with E-state index in [-0.39, 0.29) is 29.7 Å². The molecule has 0 heterocycles. The molecule has 2 aromatic rings. The van der Waals surface area contributed by atoms with Gasteiger partial charge in [-0.3, -0.25) is 28.9 Å². The summed E-state index contributed by atoms with van der Waals surface area (Å²) in [7, 11) is 4.38. The summed E-state index contributed by atoms with van der Waals surface area (Å²) < 4.78 is 0. The van der Waals surface area contributed by atoms with Gasteiger partial charge in [0.05, 0.1) is 18.7 Å². The van der Waals surface area contributed by atoms with Crippen molar-refractivity contribution in [1.29, 1.82) is 0 Å². The fraction of sp³-hybridized carbons (Fsp3) is 0.310. The van der Waals surface area contributed by atoms with E-state index < -0.39 is 64.0 Å². The molecule has 12 heteroatoms. The maximum absolute atomic E-state index is 14.0. The smallest absolute Gasteiger partial charge is 0.274 e. The van der Waals surface area contributed by atoms with Crippen LogP contribution in [0.4, 0.5) is 0 Å². The minimum atomic E-state index is -2.71. The van der Waals surface area contributed by atoms with E-state index in [1.807, 2.05) is 0 Å². The number of likely N-dealkylation sites (N-methyl/N-ethyl adjacent to an activating group) is 1. The van der Waals surface area contributed by atoms with Crippen LogP contribution in [0.25, 0.3) is 16.9 Å². The lowest BCUT2D eigenvalue weighted by Crippen LogP contribution is -2.65. The number of nitrogens with zero attached hydrogens (tertiary/aromatic N) is 1. The number of ketones is 2. The monoisotopic (exact) mass is 563 g/mol. The topological polar surface area (TPSA) is 200 Å². The number of nitrogens with one attached hydrogen (secondary N) is 1. The summed E-state index contributed by atoms with van der Waals surface area (Å²) in [6, 6.07) is 8.39. The van der Waals surface area contributed by atoms with Crippen LogP contribution < -0.4 is 11.2 Å². The summed E-state index contributed by atoms with van der Waals surface area (Å²) in [5.74, 6) is -7.64. The average molecular weight is 564 g/mol. The highest BCUT2D eigenvalue weighted by Gasteiger charge is 2.64. The van der Waals surface area contributed by atoms with Crippen molar-refractivity contribution in [2.75, 3.05) is 21.2 Å². The lowest BCUT2D eigenvalue weighted by molar-refractivity contribution is -0.153. The van der Waals surface area contributed by atoms with Crippen molar-refractivity contribution in [1.82, 2.24) is 10.4 Å². The van der Waals surface area contributed by atoms with Crippen molar-refractivity contribution < 1.29 is 44.4 Å². The van der Waals surface area contributed by atoms with Crippen LogP contribution >= 0.6 is 0 Å². The van der Waals surface area contributed by atoms with Crippen LogP contribution in [0.2, 0.25) is 0 Å². The first-order valence-corrected chi connectivity index (χ1v) is 12.8. The lowest BCUT2D eigenvalue weighted by Gasteiger charge is -2.50. The molecule has 0 bridgehead atoms. The second kappa shape index (κ2) is 9.84. The number of hydroxylamine groups is 1. The number of nitrogens with two attached hydrogens (primary N) is 1. The number of aliphatic hydroxyl groups is 3. The first-order valence-electron chi connectivity index (χ1n) is 12.8. The summed E-state index contributed by atoms with van der Waals surface area (Å²) in [6.45, 7) is 0. The number of benzene rings is 2. The molecule has 0 aromatic heterocycles. The van der Waals surface area contributed by atoms with Crippen LogP contribution in [0.5, 0.6) is 5.75 Å². The number of phenols is 1. The third-order valence-electron chi connectivity index (χ3n) is 8.23. The van der Waals surface area contributed by atoms with E-state index in [9.17, 15) is 39.6 Å². The van der Waals surface area contributed by atoms with Gasteiger partial charge in [0.25, 0.3) is 11.8 Å². The highest BCUT2D eigenvalue weighted by molar-refractivity contribution is 6.24. The molecule has 4 atom stereocenters. The normalized spacial score (nSPS) is 25.5. The van der Waals surface area contributed by atoms with Gasteiger partial charge in [-0.1, -0.05) is 18.2 Å². The molecule has 7 N–H and O–H groups in total. The Balaban J connectivity index is 1.70. The number of primary amides is 1. The van der Waals surface area contributed by atoms with E-state index in [1.54, 1.807) is 30.3 Å². The number of fused-ring (bicyclic) bond motifs is 3. The number of rotatable bonds is 5.